The fourth-order valence-corrected chi connectivity index (χ4v) is 9.12. The minimum Gasteiger partial charge on any atom is -0.466 e. The number of esters is 2. The maximum atomic E-state index is 12.4. The van der Waals surface area contributed by atoms with E-state index < -0.39 is 0 Å². The molecule has 0 N–H and O–H groups in total. The number of nitrogens with zero attached hydrogens (tertiary/aromatic N) is 2. The summed E-state index contributed by atoms with van der Waals surface area (Å²) in [5.41, 5.74) is 0. The Morgan fingerprint density at radius 1 is 0.483 bits per heavy atom. The number of ether oxygens (including phenoxy) is 2. The summed E-state index contributed by atoms with van der Waals surface area (Å²) >= 11 is 6.01. The molecule has 1 aliphatic heterocycles. The first-order valence-electron chi connectivity index (χ1n) is 25.7. The van der Waals surface area contributed by atoms with Crippen molar-refractivity contribution < 1.29 is 19.1 Å². The van der Waals surface area contributed by atoms with Crippen LogP contribution in [0.4, 0.5) is 0 Å². The SMILES string of the molecule is CCCCCC(CCCCC)CCCOC(=O)CCCCCCCN(CCCCCCCC(=O)OCCCC(CCCCC)CCCCC)C(=S)CCN1CCCC1. The highest BCUT2D eigenvalue weighted by molar-refractivity contribution is 7.80. The van der Waals surface area contributed by atoms with Gasteiger partial charge in [-0.15, -0.1) is 0 Å². The van der Waals surface area contributed by atoms with Gasteiger partial charge in [-0.1, -0.05) is 181 Å². The molecule has 0 aromatic heterocycles. The zero-order valence-corrected chi connectivity index (χ0v) is 40.1. The molecule has 58 heavy (non-hydrogen) atoms. The smallest absolute Gasteiger partial charge is 0.305 e. The predicted molar refractivity (Wildman–Crippen MR) is 254 cm³/mol. The molecule has 0 aliphatic carbocycles. The molecule has 0 radical (unpaired) electrons. The van der Waals surface area contributed by atoms with E-state index in [0.29, 0.717) is 26.1 Å². The van der Waals surface area contributed by atoms with Gasteiger partial charge in [0.25, 0.3) is 0 Å². The van der Waals surface area contributed by atoms with Crippen molar-refractivity contribution in [1.29, 1.82) is 0 Å². The third-order valence-electron chi connectivity index (χ3n) is 12.7. The first-order valence-corrected chi connectivity index (χ1v) is 26.1. The molecular weight excluding hydrogens is 737 g/mol. The molecule has 0 spiro atoms. The molecule has 0 bridgehead atoms. The maximum Gasteiger partial charge on any atom is 0.305 e. The second-order valence-electron chi connectivity index (χ2n) is 18.2. The van der Waals surface area contributed by atoms with Gasteiger partial charge >= 0.3 is 11.9 Å². The fourth-order valence-electron chi connectivity index (χ4n) is 8.84. The minimum atomic E-state index is -0.00661. The second-order valence-corrected chi connectivity index (χ2v) is 18.6. The fraction of sp³-hybridized carbons (Fsp3) is 0.941. The van der Waals surface area contributed by atoms with E-state index in [1.165, 1.54) is 167 Å². The lowest BCUT2D eigenvalue weighted by Gasteiger charge is -2.27. The Morgan fingerprint density at radius 3 is 1.24 bits per heavy atom. The summed E-state index contributed by atoms with van der Waals surface area (Å²) in [7, 11) is 0. The molecule has 0 amide bonds. The Kier molecular flexibility index (Phi) is 38.9. The molecule has 0 atom stereocenters. The number of rotatable bonds is 43. The summed E-state index contributed by atoms with van der Waals surface area (Å²) in [5, 5.41) is 0. The summed E-state index contributed by atoms with van der Waals surface area (Å²) < 4.78 is 11.3. The molecule has 0 unspecified atom stereocenters. The highest BCUT2D eigenvalue weighted by Gasteiger charge is 2.16. The Balaban J connectivity index is 2.24. The molecule has 342 valence electrons. The van der Waals surface area contributed by atoms with Crippen molar-refractivity contribution >= 4 is 29.1 Å². The Bertz CT molecular complexity index is 863. The van der Waals surface area contributed by atoms with Crippen LogP contribution in [0, 0.1) is 11.8 Å². The lowest BCUT2D eigenvalue weighted by Crippen LogP contribution is -2.34. The molecule has 1 heterocycles. The first kappa shape index (κ1) is 54.8. The Hall–Kier alpha value is -1.21. The van der Waals surface area contributed by atoms with Crippen LogP contribution in [0.3, 0.4) is 0 Å². The topological polar surface area (TPSA) is 59.1 Å². The summed E-state index contributed by atoms with van der Waals surface area (Å²) in [6, 6.07) is 0. The van der Waals surface area contributed by atoms with Crippen LogP contribution >= 0.6 is 12.2 Å². The second kappa shape index (κ2) is 41.2. The van der Waals surface area contributed by atoms with E-state index in [-0.39, 0.29) is 11.9 Å². The number of carbonyl (C=O) groups is 2. The van der Waals surface area contributed by atoms with Crippen molar-refractivity contribution in [2.24, 2.45) is 11.8 Å². The predicted octanol–water partition coefficient (Wildman–Crippen LogP) is 15.0. The monoisotopic (exact) mass is 835 g/mol. The van der Waals surface area contributed by atoms with Gasteiger partial charge in [0.15, 0.2) is 0 Å². The molecule has 1 rings (SSSR count). The van der Waals surface area contributed by atoms with Crippen LogP contribution in [0.15, 0.2) is 0 Å². The van der Waals surface area contributed by atoms with Crippen molar-refractivity contribution in [3.63, 3.8) is 0 Å². The number of carbonyl (C=O) groups excluding carboxylic acids is 2. The van der Waals surface area contributed by atoms with E-state index in [0.717, 1.165) is 94.2 Å². The van der Waals surface area contributed by atoms with Crippen LogP contribution < -0.4 is 0 Å². The molecule has 0 aromatic carbocycles. The van der Waals surface area contributed by atoms with E-state index >= 15 is 0 Å². The highest BCUT2D eigenvalue weighted by Crippen LogP contribution is 2.24. The molecule has 1 fully saturated rings. The number of thiocarbonyl (C=S) groups is 1. The zero-order valence-electron chi connectivity index (χ0n) is 39.3. The van der Waals surface area contributed by atoms with Crippen molar-refractivity contribution in [2.45, 2.75) is 252 Å². The van der Waals surface area contributed by atoms with Gasteiger partial charge in [-0.05, 0) is 89.1 Å². The van der Waals surface area contributed by atoms with Crippen LogP contribution in [0.25, 0.3) is 0 Å². The van der Waals surface area contributed by atoms with E-state index in [9.17, 15) is 9.59 Å². The van der Waals surface area contributed by atoms with E-state index in [4.69, 9.17) is 21.7 Å². The van der Waals surface area contributed by atoms with Gasteiger partial charge in [0, 0.05) is 38.9 Å². The van der Waals surface area contributed by atoms with E-state index in [2.05, 4.69) is 37.5 Å². The highest BCUT2D eigenvalue weighted by atomic mass is 32.1. The Labute approximate surface area is 366 Å². The van der Waals surface area contributed by atoms with Gasteiger partial charge in [0.1, 0.15) is 0 Å². The minimum absolute atomic E-state index is 0.00661. The van der Waals surface area contributed by atoms with Gasteiger partial charge in [-0.25, -0.2) is 0 Å². The van der Waals surface area contributed by atoms with Gasteiger partial charge in [-0.2, -0.15) is 0 Å². The lowest BCUT2D eigenvalue weighted by atomic mass is 9.91. The molecule has 1 saturated heterocycles. The van der Waals surface area contributed by atoms with Gasteiger partial charge in [-0.3, -0.25) is 9.59 Å². The van der Waals surface area contributed by atoms with Crippen molar-refractivity contribution in [3.8, 4) is 0 Å². The summed E-state index contributed by atoms with van der Waals surface area (Å²) in [4.78, 5) is 31.0. The number of unbranched alkanes of at least 4 members (excludes halogenated alkanes) is 16. The average Bonchev–Trinajstić information content (AvgIpc) is 3.75. The van der Waals surface area contributed by atoms with Crippen molar-refractivity contribution in [1.82, 2.24) is 9.80 Å². The number of likely N-dealkylation sites (tertiary alicyclic amines) is 1. The normalized spacial score (nSPS) is 13.2. The molecule has 0 saturated carbocycles. The number of hydrogen-bond acceptors (Lipinski definition) is 6. The number of hydrogen-bond donors (Lipinski definition) is 0. The van der Waals surface area contributed by atoms with E-state index in [1.807, 2.05) is 0 Å². The van der Waals surface area contributed by atoms with Crippen LogP contribution in [0.1, 0.15) is 252 Å². The van der Waals surface area contributed by atoms with Gasteiger partial charge in [0.05, 0.1) is 18.2 Å². The van der Waals surface area contributed by atoms with Crippen LogP contribution in [-0.4, -0.2) is 72.7 Å². The Morgan fingerprint density at radius 2 is 0.845 bits per heavy atom. The first-order chi connectivity index (χ1) is 28.4. The third kappa shape index (κ3) is 33.5. The molecule has 0 aromatic rings. The van der Waals surface area contributed by atoms with Crippen LogP contribution in [0.2, 0.25) is 0 Å². The average molecular weight is 835 g/mol. The van der Waals surface area contributed by atoms with Crippen LogP contribution in [-0.2, 0) is 19.1 Å². The van der Waals surface area contributed by atoms with Crippen molar-refractivity contribution in [3.05, 3.63) is 0 Å². The van der Waals surface area contributed by atoms with E-state index in [1.54, 1.807) is 0 Å². The third-order valence-corrected chi connectivity index (χ3v) is 13.2. The molecular formula is C51H98N2O4S. The molecule has 7 heteroatoms. The summed E-state index contributed by atoms with van der Waals surface area (Å²) in [6.45, 7) is 15.9. The maximum absolute atomic E-state index is 12.4. The summed E-state index contributed by atoms with van der Waals surface area (Å²) in [6.07, 6.45) is 41.5. The zero-order chi connectivity index (χ0) is 42.2. The van der Waals surface area contributed by atoms with Crippen molar-refractivity contribution in [2.75, 3.05) is 45.9 Å². The lowest BCUT2D eigenvalue weighted by molar-refractivity contribution is -0.144. The van der Waals surface area contributed by atoms with Crippen LogP contribution in [0.5, 0.6) is 0 Å². The van der Waals surface area contributed by atoms with Gasteiger partial charge in [0.2, 0.25) is 0 Å². The molecule has 1 aliphatic rings. The largest absolute Gasteiger partial charge is 0.466 e. The quantitative estimate of drug-likeness (QED) is 0.0344. The molecule has 6 nitrogen and oxygen atoms in total. The summed E-state index contributed by atoms with van der Waals surface area (Å²) in [5.74, 6) is 1.60. The standard InChI is InChI=1S/C51H98N2O4S/c1-5-9-19-31-47(32-20-10-6-2)35-29-45-56-50(54)37-23-15-13-17-25-42-53(49(58)39-44-52-40-27-28-41-52)43-26-18-14-16-24-38-51(55)57-46-30-36-48(33-21-11-7-3)34-22-12-8-4/h47-48H,5-46H2,1-4H3. The van der Waals surface area contributed by atoms with Gasteiger partial charge < -0.3 is 19.3 Å².